The molecule has 1 aliphatic heterocycles. The fourth-order valence-corrected chi connectivity index (χ4v) is 2.13. The maximum Gasteiger partial charge on any atom is 0.258 e. The average molecular weight is 266 g/mol. The molecule has 0 amide bonds. The van der Waals surface area contributed by atoms with Gasteiger partial charge in [-0.2, -0.15) is 24.7 Å². The van der Waals surface area contributed by atoms with Crippen LogP contribution in [-0.4, -0.2) is 42.8 Å². The molecule has 3 rings (SSSR count). The minimum atomic E-state index is 0.177. The van der Waals surface area contributed by atoms with Crippen molar-refractivity contribution < 1.29 is 0 Å². The minimum Gasteiger partial charge on any atom is -0.341 e. The van der Waals surface area contributed by atoms with Crippen LogP contribution in [0.5, 0.6) is 0 Å². The SMILES string of the molecule is Clc1nc(N2CCCCC2)nc(-n2cncn2)n1. The van der Waals surface area contributed by atoms with Crippen LogP contribution in [0.15, 0.2) is 12.7 Å². The van der Waals surface area contributed by atoms with Crippen LogP contribution in [0.4, 0.5) is 5.95 Å². The van der Waals surface area contributed by atoms with E-state index < -0.39 is 0 Å². The van der Waals surface area contributed by atoms with Crippen LogP contribution >= 0.6 is 11.6 Å². The molecular formula is C10H12ClN7. The first-order chi connectivity index (χ1) is 8.83. The highest BCUT2D eigenvalue weighted by molar-refractivity contribution is 6.28. The number of hydrogen-bond acceptors (Lipinski definition) is 6. The van der Waals surface area contributed by atoms with E-state index in [1.165, 1.54) is 23.8 Å². The zero-order chi connectivity index (χ0) is 12.4. The van der Waals surface area contributed by atoms with E-state index in [-0.39, 0.29) is 5.28 Å². The van der Waals surface area contributed by atoms with E-state index in [2.05, 4.69) is 29.9 Å². The van der Waals surface area contributed by atoms with Gasteiger partial charge in [-0.15, -0.1) is 0 Å². The van der Waals surface area contributed by atoms with Crippen LogP contribution in [0.2, 0.25) is 5.28 Å². The van der Waals surface area contributed by atoms with Gasteiger partial charge in [0, 0.05) is 13.1 Å². The highest BCUT2D eigenvalue weighted by Gasteiger charge is 2.16. The Labute approximate surface area is 109 Å². The van der Waals surface area contributed by atoms with Gasteiger partial charge in [0.15, 0.2) is 0 Å². The largest absolute Gasteiger partial charge is 0.341 e. The number of anilines is 1. The number of aromatic nitrogens is 6. The summed E-state index contributed by atoms with van der Waals surface area (Å²) in [4.78, 5) is 18.6. The van der Waals surface area contributed by atoms with E-state index in [1.54, 1.807) is 0 Å². The molecule has 1 saturated heterocycles. The summed E-state index contributed by atoms with van der Waals surface area (Å²) in [6.07, 6.45) is 6.53. The summed E-state index contributed by atoms with van der Waals surface area (Å²) in [6, 6.07) is 0. The molecule has 2 aromatic rings. The van der Waals surface area contributed by atoms with Gasteiger partial charge in [0.2, 0.25) is 11.2 Å². The van der Waals surface area contributed by atoms with Gasteiger partial charge in [-0.1, -0.05) is 0 Å². The molecule has 0 radical (unpaired) electrons. The van der Waals surface area contributed by atoms with Crippen LogP contribution in [-0.2, 0) is 0 Å². The van der Waals surface area contributed by atoms with Crippen molar-refractivity contribution in [3.63, 3.8) is 0 Å². The molecular weight excluding hydrogens is 254 g/mol. The molecule has 3 heterocycles. The fraction of sp³-hybridized carbons (Fsp3) is 0.500. The van der Waals surface area contributed by atoms with Crippen molar-refractivity contribution in [2.75, 3.05) is 18.0 Å². The summed E-state index contributed by atoms with van der Waals surface area (Å²) in [5.74, 6) is 1.01. The predicted octanol–water partition coefficient (Wildman–Crippen LogP) is 1.10. The number of halogens is 1. The molecule has 0 bridgehead atoms. The van der Waals surface area contributed by atoms with Crippen molar-refractivity contribution in [3.05, 3.63) is 17.9 Å². The summed E-state index contributed by atoms with van der Waals surface area (Å²) >= 11 is 5.94. The van der Waals surface area contributed by atoms with Gasteiger partial charge >= 0.3 is 0 Å². The normalized spacial score (nSPS) is 15.9. The Kier molecular flexibility index (Phi) is 3.06. The van der Waals surface area contributed by atoms with Crippen LogP contribution in [0, 0.1) is 0 Å². The monoisotopic (exact) mass is 265 g/mol. The van der Waals surface area contributed by atoms with Gasteiger partial charge in [-0.25, -0.2) is 4.98 Å². The maximum absolute atomic E-state index is 5.94. The Morgan fingerprint density at radius 1 is 1.00 bits per heavy atom. The van der Waals surface area contributed by atoms with Crippen LogP contribution in [0.1, 0.15) is 19.3 Å². The highest BCUT2D eigenvalue weighted by atomic mass is 35.5. The standard InChI is InChI=1S/C10H12ClN7/c11-8-14-9(17-4-2-1-3-5-17)16-10(15-8)18-7-12-6-13-18/h6-7H,1-5H2. The molecule has 0 atom stereocenters. The predicted molar refractivity (Wildman–Crippen MR) is 65.8 cm³/mol. The summed E-state index contributed by atoms with van der Waals surface area (Å²) < 4.78 is 1.47. The van der Waals surface area contributed by atoms with E-state index in [4.69, 9.17) is 11.6 Å². The van der Waals surface area contributed by atoms with Gasteiger partial charge < -0.3 is 4.90 Å². The molecule has 8 heteroatoms. The van der Waals surface area contributed by atoms with Gasteiger partial charge in [-0.3, -0.25) is 0 Å². The molecule has 18 heavy (non-hydrogen) atoms. The first-order valence-electron chi connectivity index (χ1n) is 5.84. The first-order valence-corrected chi connectivity index (χ1v) is 6.22. The lowest BCUT2D eigenvalue weighted by Gasteiger charge is -2.26. The quantitative estimate of drug-likeness (QED) is 0.810. The lowest BCUT2D eigenvalue weighted by Crippen LogP contribution is -2.31. The summed E-state index contributed by atoms with van der Waals surface area (Å²) in [6.45, 7) is 1.91. The molecule has 0 spiro atoms. The van der Waals surface area contributed by atoms with Crippen molar-refractivity contribution in [1.29, 1.82) is 0 Å². The molecule has 2 aromatic heterocycles. The van der Waals surface area contributed by atoms with Crippen molar-refractivity contribution in [3.8, 4) is 5.95 Å². The number of rotatable bonds is 2. The van der Waals surface area contributed by atoms with Gasteiger partial charge in [0.25, 0.3) is 5.95 Å². The lowest BCUT2D eigenvalue weighted by atomic mass is 10.1. The Bertz CT molecular complexity index is 521. The maximum atomic E-state index is 5.94. The molecule has 0 aliphatic carbocycles. The van der Waals surface area contributed by atoms with Crippen molar-refractivity contribution in [1.82, 2.24) is 29.7 Å². The number of nitrogens with zero attached hydrogens (tertiary/aromatic N) is 7. The molecule has 1 aliphatic rings. The third kappa shape index (κ3) is 2.26. The Hall–Kier alpha value is -1.76. The molecule has 0 saturated carbocycles. The molecule has 94 valence electrons. The fourth-order valence-electron chi connectivity index (χ4n) is 1.98. The molecule has 7 nitrogen and oxygen atoms in total. The molecule has 0 unspecified atom stereocenters. The highest BCUT2D eigenvalue weighted by Crippen LogP contribution is 2.17. The van der Waals surface area contributed by atoms with E-state index in [1.807, 2.05) is 0 Å². The second-order valence-electron chi connectivity index (χ2n) is 4.09. The zero-order valence-electron chi connectivity index (χ0n) is 9.70. The summed E-state index contributed by atoms with van der Waals surface area (Å²) in [5.41, 5.74) is 0. The van der Waals surface area contributed by atoms with Crippen molar-refractivity contribution in [2.24, 2.45) is 0 Å². The average Bonchev–Trinajstić information content (AvgIpc) is 2.93. The lowest BCUT2D eigenvalue weighted by molar-refractivity contribution is 0.566. The second-order valence-corrected chi connectivity index (χ2v) is 4.43. The van der Waals surface area contributed by atoms with Gasteiger partial charge in [0.05, 0.1) is 0 Å². The molecule has 1 fully saturated rings. The minimum absolute atomic E-state index is 0.177. The number of piperidine rings is 1. The van der Waals surface area contributed by atoms with Crippen LogP contribution < -0.4 is 4.90 Å². The van der Waals surface area contributed by atoms with Crippen LogP contribution in [0.3, 0.4) is 0 Å². The first kappa shape index (κ1) is 11.3. The van der Waals surface area contributed by atoms with Gasteiger partial charge in [0.1, 0.15) is 12.7 Å². The van der Waals surface area contributed by atoms with E-state index >= 15 is 0 Å². The van der Waals surface area contributed by atoms with E-state index in [0.29, 0.717) is 11.9 Å². The Morgan fingerprint density at radius 2 is 1.78 bits per heavy atom. The Balaban J connectivity index is 1.95. The molecule has 0 aromatic carbocycles. The van der Waals surface area contributed by atoms with Crippen LogP contribution in [0.25, 0.3) is 5.95 Å². The zero-order valence-corrected chi connectivity index (χ0v) is 10.5. The van der Waals surface area contributed by atoms with Gasteiger partial charge in [-0.05, 0) is 30.9 Å². The summed E-state index contributed by atoms with van der Waals surface area (Å²) in [5, 5.41) is 4.17. The third-order valence-corrected chi connectivity index (χ3v) is 3.02. The molecule has 0 N–H and O–H groups in total. The second kappa shape index (κ2) is 4.85. The van der Waals surface area contributed by atoms with Crippen molar-refractivity contribution >= 4 is 17.5 Å². The smallest absolute Gasteiger partial charge is 0.258 e. The third-order valence-electron chi connectivity index (χ3n) is 2.85. The number of hydrogen-bond donors (Lipinski definition) is 0. The Morgan fingerprint density at radius 3 is 2.50 bits per heavy atom. The van der Waals surface area contributed by atoms with E-state index in [0.717, 1.165) is 25.9 Å². The summed E-state index contributed by atoms with van der Waals surface area (Å²) in [7, 11) is 0. The van der Waals surface area contributed by atoms with E-state index in [9.17, 15) is 0 Å². The van der Waals surface area contributed by atoms with Crippen molar-refractivity contribution in [2.45, 2.75) is 19.3 Å². The topological polar surface area (TPSA) is 72.6 Å².